The van der Waals surface area contributed by atoms with Crippen LogP contribution in [0.4, 0.5) is 34.1 Å². The number of nitrogens with zero attached hydrogens (tertiary/aromatic N) is 2. The topological polar surface area (TPSA) is 32.8 Å². The number of benzene rings is 10. The van der Waals surface area contributed by atoms with E-state index in [0.29, 0.717) is 11.8 Å². The van der Waals surface area contributed by atoms with Gasteiger partial charge in [0.15, 0.2) is 11.2 Å². The SMILES string of the molecule is CCC(C)(CC)c1cc(N(c2ccccc2)c2cccc3c2oc2c(C4CCCCC4)cccc23)c2ccc3c(C(C)(C)C)cc(N(c4ccccc4)c4cccc5c4oc4c(C6CCCCC6)cccc45)c4ccc1c2c43. The molecule has 78 heavy (non-hydrogen) atoms. The van der Waals surface area contributed by atoms with Crippen molar-refractivity contribution in [2.45, 2.75) is 141 Å². The molecule has 10 aromatic carbocycles. The molecule has 0 N–H and O–H groups in total. The van der Waals surface area contributed by atoms with Gasteiger partial charge >= 0.3 is 0 Å². The van der Waals surface area contributed by atoms with Crippen LogP contribution >= 0.6 is 0 Å². The predicted octanol–water partition coefficient (Wildman–Crippen LogP) is 22.8. The van der Waals surface area contributed by atoms with Gasteiger partial charge in [0, 0.05) is 43.7 Å². The molecule has 0 atom stereocenters. The highest BCUT2D eigenvalue weighted by molar-refractivity contribution is 6.30. The molecule has 14 rings (SSSR count). The first kappa shape index (κ1) is 48.8. The summed E-state index contributed by atoms with van der Waals surface area (Å²) in [6.45, 7) is 14.4. The van der Waals surface area contributed by atoms with Crippen molar-refractivity contribution in [1.82, 2.24) is 0 Å². The summed E-state index contributed by atoms with van der Waals surface area (Å²) in [6, 6.07) is 64.3. The molecule has 0 radical (unpaired) electrons. The zero-order chi connectivity index (χ0) is 52.9. The summed E-state index contributed by atoms with van der Waals surface area (Å²) >= 11 is 0. The van der Waals surface area contributed by atoms with Crippen LogP contribution in [0.25, 0.3) is 76.2 Å². The van der Waals surface area contributed by atoms with Gasteiger partial charge in [-0.25, -0.2) is 0 Å². The Morgan fingerprint density at radius 2 is 0.756 bits per heavy atom. The van der Waals surface area contributed by atoms with Crippen LogP contribution in [0, 0.1) is 0 Å². The fourth-order valence-electron chi connectivity index (χ4n) is 14.5. The lowest BCUT2D eigenvalue weighted by atomic mass is 9.73. The van der Waals surface area contributed by atoms with Crippen molar-refractivity contribution in [1.29, 1.82) is 0 Å². The molecule has 4 nitrogen and oxygen atoms in total. The Kier molecular flexibility index (Phi) is 12.0. The van der Waals surface area contributed by atoms with E-state index >= 15 is 0 Å². The first-order chi connectivity index (χ1) is 38.1. The molecule has 0 unspecified atom stereocenters. The second-order valence-electron chi connectivity index (χ2n) is 24.4. The minimum atomic E-state index is -0.198. The van der Waals surface area contributed by atoms with E-state index in [4.69, 9.17) is 8.83 Å². The molecule has 2 aliphatic rings. The molecule has 2 fully saturated rings. The summed E-state index contributed by atoms with van der Waals surface area (Å²) in [5.74, 6) is 1.04. The fourth-order valence-corrected chi connectivity index (χ4v) is 14.5. The smallest absolute Gasteiger partial charge is 0.159 e. The number of furan rings is 2. The predicted molar refractivity (Wildman–Crippen MR) is 332 cm³/mol. The Morgan fingerprint density at radius 3 is 1.18 bits per heavy atom. The number of fused-ring (bicyclic) bond motifs is 6. The minimum Gasteiger partial charge on any atom is -0.454 e. The summed E-state index contributed by atoms with van der Waals surface area (Å²) in [5, 5.41) is 12.4. The third-order valence-corrected chi connectivity index (χ3v) is 19.0. The molecule has 0 bridgehead atoms. The Morgan fingerprint density at radius 1 is 0.372 bits per heavy atom. The average Bonchev–Trinajstić information content (AvgIpc) is 4.00. The van der Waals surface area contributed by atoms with Crippen LogP contribution in [-0.2, 0) is 10.8 Å². The van der Waals surface area contributed by atoms with Crippen molar-refractivity contribution in [2.75, 3.05) is 9.80 Å². The van der Waals surface area contributed by atoms with Crippen molar-refractivity contribution in [3.63, 3.8) is 0 Å². The number of anilines is 6. The Hall–Kier alpha value is -7.56. The number of rotatable bonds is 11. The molecule has 2 aliphatic carbocycles. The standard InChI is InChI=1S/C74H72N2O2/c1-7-74(6,8-2)62-46-66(76(50-31-19-12-20-32-50)64-40-24-38-56-54-36-22-34-52(70(54)78-72(56)64)48-27-15-10-16-28-48)60-43-41-57-61(73(3,4)5)45-65(59-44-42-58(62)68(60)67(57)59)75(49-29-17-11-18-30-49)63-39-23-37-55-53-35-21-33-51(69(53)77-71(55)63)47-25-13-9-14-26-47/h11-12,17-24,29-48H,7-10,13-16,25-28H2,1-6H3. The zero-order valence-corrected chi connectivity index (χ0v) is 46.5. The normalized spacial score (nSPS) is 15.3. The third kappa shape index (κ3) is 7.75. The largest absolute Gasteiger partial charge is 0.454 e. The van der Waals surface area contributed by atoms with Crippen LogP contribution in [0.1, 0.15) is 153 Å². The van der Waals surface area contributed by atoms with E-state index in [0.717, 1.165) is 80.1 Å². The van der Waals surface area contributed by atoms with E-state index in [2.05, 4.69) is 221 Å². The van der Waals surface area contributed by atoms with Crippen molar-refractivity contribution >= 4 is 110 Å². The molecule has 0 amide bonds. The van der Waals surface area contributed by atoms with Gasteiger partial charge in [-0.1, -0.05) is 201 Å². The maximum absolute atomic E-state index is 7.37. The third-order valence-electron chi connectivity index (χ3n) is 19.0. The van der Waals surface area contributed by atoms with Crippen molar-refractivity contribution in [3.05, 3.63) is 192 Å². The molecular weight excluding hydrogens is 949 g/mol. The van der Waals surface area contributed by atoms with Crippen LogP contribution in [0.15, 0.2) is 179 Å². The highest BCUT2D eigenvalue weighted by Gasteiger charge is 2.34. The van der Waals surface area contributed by atoms with Crippen LogP contribution in [0.3, 0.4) is 0 Å². The van der Waals surface area contributed by atoms with E-state index in [-0.39, 0.29) is 10.8 Å². The number of para-hydroxylation sites is 6. The first-order valence-electron chi connectivity index (χ1n) is 29.5. The maximum atomic E-state index is 7.37. The van der Waals surface area contributed by atoms with Gasteiger partial charge in [-0.3, -0.25) is 0 Å². The van der Waals surface area contributed by atoms with Gasteiger partial charge in [0.25, 0.3) is 0 Å². The molecule has 0 spiro atoms. The Balaban J connectivity index is 1.08. The molecular formula is C74H72N2O2. The monoisotopic (exact) mass is 1020 g/mol. The van der Waals surface area contributed by atoms with Crippen LogP contribution in [-0.4, -0.2) is 0 Å². The van der Waals surface area contributed by atoms with E-state index in [9.17, 15) is 0 Å². The molecule has 4 heteroatoms. The maximum Gasteiger partial charge on any atom is 0.159 e. The van der Waals surface area contributed by atoms with Gasteiger partial charge in [0.05, 0.1) is 22.7 Å². The summed E-state index contributed by atoms with van der Waals surface area (Å²) in [4.78, 5) is 5.04. The lowest BCUT2D eigenvalue weighted by Gasteiger charge is -2.35. The second kappa shape index (κ2) is 19.1. The van der Waals surface area contributed by atoms with Gasteiger partial charge in [-0.2, -0.15) is 0 Å². The molecule has 12 aromatic rings. The van der Waals surface area contributed by atoms with Crippen LogP contribution in [0.2, 0.25) is 0 Å². The van der Waals surface area contributed by atoms with Gasteiger partial charge in [-0.15, -0.1) is 0 Å². The molecule has 2 aromatic heterocycles. The molecule has 390 valence electrons. The van der Waals surface area contributed by atoms with Crippen LogP contribution in [0.5, 0.6) is 0 Å². The molecule has 0 saturated heterocycles. The van der Waals surface area contributed by atoms with E-state index < -0.39 is 0 Å². The summed E-state index contributed by atoms with van der Waals surface area (Å²) in [5.41, 5.74) is 15.7. The highest BCUT2D eigenvalue weighted by Crippen LogP contribution is 2.55. The lowest BCUT2D eigenvalue weighted by Crippen LogP contribution is -2.21. The highest BCUT2D eigenvalue weighted by atomic mass is 16.3. The second-order valence-corrected chi connectivity index (χ2v) is 24.4. The van der Waals surface area contributed by atoms with Gasteiger partial charge in [0.1, 0.15) is 11.2 Å². The zero-order valence-electron chi connectivity index (χ0n) is 46.5. The van der Waals surface area contributed by atoms with Crippen molar-refractivity contribution in [2.24, 2.45) is 0 Å². The Bertz CT molecular complexity index is 4200. The minimum absolute atomic E-state index is 0.112. The number of hydrogen-bond donors (Lipinski definition) is 0. The van der Waals surface area contributed by atoms with E-state index in [1.165, 1.54) is 130 Å². The van der Waals surface area contributed by atoms with Gasteiger partial charge in [0.2, 0.25) is 0 Å². The molecule has 2 saturated carbocycles. The number of hydrogen-bond acceptors (Lipinski definition) is 4. The summed E-state index contributed by atoms with van der Waals surface area (Å²) in [6.07, 6.45) is 14.6. The van der Waals surface area contributed by atoms with E-state index in [1.807, 2.05) is 0 Å². The molecule has 2 heterocycles. The first-order valence-corrected chi connectivity index (χ1v) is 29.5. The van der Waals surface area contributed by atoms with E-state index in [1.54, 1.807) is 0 Å². The fraction of sp³-hybridized carbons (Fsp3) is 0.297. The van der Waals surface area contributed by atoms with Crippen molar-refractivity contribution < 1.29 is 8.83 Å². The quantitative estimate of drug-likeness (QED) is 0.121. The van der Waals surface area contributed by atoms with Crippen LogP contribution < -0.4 is 9.80 Å². The average molecular weight is 1020 g/mol. The Labute approximate surface area is 460 Å². The van der Waals surface area contributed by atoms with Gasteiger partial charge in [-0.05, 0) is 154 Å². The summed E-state index contributed by atoms with van der Waals surface area (Å²) in [7, 11) is 0. The summed E-state index contributed by atoms with van der Waals surface area (Å²) < 4.78 is 14.7. The molecule has 0 aliphatic heterocycles. The van der Waals surface area contributed by atoms with Crippen molar-refractivity contribution in [3.8, 4) is 0 Å². The van der Waals surface area contributed by atoms with Gasteiger partial charge < -0.3 is 18.6 Å². The lowest BCUT2D eigenvalue weighted by molar-refractivity contribution is 0.442.